The SMILES string of the molecule is CCOCC(C)OC(CNC(C)C)c1ccccc1F. The Hall–Kier alpha value is -0.970. The summed E-state index contributed by atoms with van der Waals surface area (Å²) in [4.78, 5) is 0. The average molecular weight is 283 g/mol. The van der Waals surface area contributed by atoms with Gasteiger partial charge in [0.1, 0.15) is 5.82 Å². The molecule has 1 aromatic carbocycles. The normalized spacial score (nSPS) is 14.5. The number of benzene rings is 1. The van der Waals surface area contributed by atoms with Gasteiger partial charge in [0.15, 0.2) is 0 Å². The lowest BCUT2D eigenvalue weighted by Gasteiger charge is -2.24. The molecule has 0 aliphatic carbocycles. The maximum atomic E-state index is 13.9. The topological polar surface area (TPSA) is 30.5 Å². The summed E-state index contributed by atoms with van der Waals surface area (Å²) in [6.07, 6.45) is -0.387. The summed E-state index contributed by atoms with van der Waals surface area (Å²) < 4.78 is 25.2. The van der Waals surface area contributed by atoms with Gasteiger partial charge in [0.05, 0.1) is 18.8 Å². The first-order valence-electron chi connectivity index (χ1n) is 7.25. The second kappa shape index (κ2) is 9.06. The molecular weight excluding hydrogens is 257 g/mol. The van der Waals surface area contributed by atoms with Crippen LogP contribution >= 0.6 is 0 Å². The van der Waals surface area contributed by atoms with E-state index in [1.165, 1.54) is 6.07 Å². The predicted octanol–water partition coefficient (Wildman–Crippen LogP) is 3.31. The predicted molar refractivity (Wildman–Crippen MR) is 79.3 cm³/mol. The van der Waals surface area contributed by atoms with Crippen LogP contribution in [0.25, 0.3) is 0 Å². The molecule has 0 spiro atoms. The van der Waals surface area contributed by atoms with Crippen molar-refractivity contribution in [3.05, 3.63) is 35.6 Å². The van der Waals surface area contributed by atoms with Crippen molar-refractivity contribution in [2.75, 3.05) is 19.8 Å². The Kier molecular flexibility index (Phi) is 7.73. The van der Waals surface area contributed by atoms with Crippen molar-refractivity contribution < 1.29 is 13.9 Å². The van der Waals surface area contributed by atoms with Gasteiger partial charge in [-0.15, -0.1) is 0 Å². The smallest absolute Gasteiger partial charge is 0.129 e. The molecule has 2 unspecified atom stereocenters. The summed E-state index contributed by atoms with van der Waals surface area (Å²) in [5.41, 5.74) is 0.587. The molecule has 3 nitrogen and oxygen atoms in total. The maximum Gasteiger partial charge on any atom is 0.129 e. The fourth-order valence-corrected chi connectivity index (χ4v) is 1.91. The van der Waals surface area contributed by atoms with Gasteiger partial charge >= 0.3 is 0 Å². The quantitative estimate of drug-likeness (QED) is 0.754. The van der Waals surface area contributed by atoms with E-state index in [9.17, 15) is 4.39 Å². The molecule has 0 aliphatic rings. The summed E-state index contributed by atoms with van der Waals surface area (Å²) in [6, 6.07) is 7.09. The van der Waals surface area contributed by atoms with E-state index in [0.29, 0.717) is 31.4 Å². The molecule has 0 aliphatic heterocycles. The highest BCUT2D eigenvalue weighted by Gasteiger charge is 2.19. The summed E-state index contributed by atoms with van der Waals surface area (Å²) >= 11 is 0. The van der Waals surface area contributed by atoms with Crippen LogP contribution in [-0.4, -0.2) is 31.9 Å². The Morgan fingerprint density at radius 3 is 2.50 bits per heavy atom. The molecule has 4 heteroatoms. The largest absolute Gasteiger partial charge is 0.379 e. The van der Waals surface area contributed by atoms with Gasteiger partial charge < -0.3 is 14.8 Å². The van der Waals surface area contributed by atoms with E-state index in [1.54, 1.807) is 12.1 Å². The number of nitrogens with one attached hydrogen (secondary N) is 1. The summed E-state index contributed by atoms with van der Waals surface area (Å²) in [5.74, 6) is -0.230. The van der Waals surface area contributed by atoms with Crippen molar-refractivity contribution in [3.8, 4) is 0 Å². The molecule has 0 heterocycles. The summed E-state index contributed by atoms with van der Waals surface area (Å²) in [7, 11) is 0. The molecule has 20 heavy (non-hydrogen) atoms. The van der Waals surface area contributed by atoms with Crippen LogP contribution in [-0.2, 0) is 9.47 Å². The van der Waals surface area contributed by atoms with Crippen molar-refractivity contribution in [2.24, 2.45) is 0 Å². The van der Waals surface area contributed by atoms with Gasteiger partial charge in [0, 0.05) is 24.8 Å². The lowest BCUT2D eigenvalue weighted by Crippen LogP contribution is -2.32. The van der Waals surface area contributed by atoms with Crippen molar-refractivity contribution in [1.82, 2.24) is 5.32 Å². The fraction of sp³-hybridized carbons (Fsp3) is 0.625. The molecule has 0 bridgehead atoms. The highest BCUT2D eigenvalue weighted by molar-refractivity contribution is 5.20. The van der Waals surface area contributed by atoms with E-state index >= 15 is 0 Å². The second-order valence-corrected chi connectivity index (χ2v) is 5.18. The molecule has 0 amide bonds. The van der Waals surface area contributed by atoms with Crippen molar-refractivity contribution in [2.45, 2.75) is 45.9 Å². The number of hydrogen-bond donors (Lipinski definition) is 1. The molecule has 1 N–H and O–H groups in total. The number of hydrogen-bond acceptors (Lipinski definition) is 3. The van der Waals surface area contributed by atoms with E-state index in [2.05, 4.69) is 19.2 Å². The Bertz CT molecular complexity index is 384. The lowest BCUT2D eigenvalue weighted by molar-refractivity contribution is -0.0486. The van der Waals surface area contributed by atoms with E-state index in [0.717, 1.165) is 0 Å². The molecule has 2 atom stereocenters. The van der Waals surface area contributed by atoms with E-state index in [4.69, 9.17) is 9.47 Å². The van der Waals surface area contributed by atoms with Crippen molar-refractivity contribution in [3.63, 3.8) is 0 Å². The van der Waals surface area contributed by atoms with Gasteiger partial charge in [0.2, 0.25) is 0 Å². The molecule has 0 fully saturated rings. The van der Waals surface area contributed by atoms with Gasteiger partial charge in [-0.3, -0.25) is 0 Å². The van der Waals surface area contributed by atoms with Crippen molar-refractivity contribution in [1.29, 1.82) is 0 Å². The number of ether oxygens (including phenoxy) is 2. The zero-order valence-corrected chi connectivity index (χ0v) is 12.9. The first-order valence-corrected chi connectivity index (χ1v) is 7.25. The third-order valence-corrected chi connectivity index (χ3v) is 2.92. The third-order valence-electron chi connectivity index (χ3n) is 2.92. The molecule has 1 rings (SSSR count). The number of rotatable bonds is 9. The van der Waals surface area contributed by atoms with Gasteiger partial charge in [-0.05, 0) is 19.9 Å². The minimum atomic E-state index is -0.311. The van der Waals surface area contributed by atoms with Crippen LogP contribution in [0.1, 0.15) is 39.4 Å². The van der Waals surface area contributed by atoms with E-state index in [1.807, 2.05) is 19.9 Å². The average Bonchev–Trinajstić information content (AvgIpc) is 2.41. The summed E-state index contributed by atoms with van der Waals surface area (Å²) in [6.45, 7) is 9.75. The van der Waals surface area contributed by atoms with Crippen LogP contribution in [0.4, 0.5) is 4.39 Å². The monoisotopic (exact) mass is 283 g/mol. The zero-order valence-electron chi connectivity index (χ0n) is 12.9. The van der Waals surface area contributed by atoms with Crippen LogP contribution in [0, 0.1) is 5.82 Å². The molecule has 114 valence electrons. The van der Waals surface area contributed by atoms with Crippen molar-refractivity contribution >= 4 is 0 Å². The van der Waals surface area contributed by atoms with Crippen LogP contribution in [0.5, 0.6) is 0 Å². The Morgan fingerprint density at radius 1 is 1.20 bits per heavy atom. The van der Waals surface area contributed by atoms with Gasteiger partial charge in [-0.2, -0.15) is 0 Å². The standard InChI is InChI=1S/C16H26FNO2/c1-5-19-11-13(4)20-16(10-18-12(2)3)14-8-6-7-9-15(14)17/h6-9,12-13,16,18H,5,10-11H2,1-4H3. The minimum Gasteiger partial charge on any atom is -0.379 e. The molecule has 0 aromatic heterocycles. The van der Waals surface area contributed by atoms with Gasteiger partial charge in [-0.25, -0.2) is 4.39 Å². The van der Waals surface area contributed by atoms with Crippen LogP contribution in [0.15, 0.2) is 24.3 Å². The molecule has 0 radical (unpaired) electrons. The first-order chi connectivity index (χ1) is 9.54. The molecular formula is C16H26FNO2. The molecule has 0 saturated heterocycles. The van der Waals surface area contributed by atoms with Crippen LogP contribution < -0.4 is 5.32 Å². The first kappa shape index (κ1) is 17.1. The third kappa shape index (κ3) is 5.99. The minimum absolute atomic E-state index is 0.0754. The Labute approximate surface area is 121 Å². The maximum absolute atomic E-state index is 13.9. The summed E-state index contributed by atoms with van der Waals surface area (Å²) in [5, 5.41) is 3.30. The lowest BCUT2D eigenvalue weighted by atomic mass is 10.1. The number of halogens is 1. The highest BCUT2D eigenvalue weighted by atomic mass is 19.1. The molecule has 1 aromatic rings. The van der Waals surface area contributed by atoms with E-state index in [-0.39, 0.29) is 18.0 Å². The van der Waals surface area contributed by atoms with Gasteiger partial charge in [0.25, 0.3) is 0 Å². The Balaban J connectivity index is 2.72. The molecule has 0 saturated carbocycles. The zero-order chi connectivity index (χ0) is 15.0. The second-order valence-electron chi connectivity index (χ2n) is 5.18. The van der Waals surface area contributed by atoms with E-state index < -0.39 is 0 Å². The van der Waals surface area contributed by atoms with Gasteiger partial charge in [-0.1, -0.05) is 32.0 Å². The highest BCUT2D eigenvalue weighted by Crippen LogP contribution is 2.21. The van der Waals surface area contributed by atoms with Crippen LogP contribution in [0.2, 0.25) is 0 Å². The Morgan fingerprint density at radius 2 is 1.90 bits per heavy atom. The van der Waals surface area contributed by atoms with Crippen LogP contribution in [0.3, 0.4) is 0 Å². The fourth-order valence-electron chi connectivity index (χ4n) is 1.91.